The lowest BCUT2D eigenvalue weighted by Crippen LogP contribution is -2.37. The van der Waals surface area contributed by atoms with Crippen LogP contribution in [0.3, 0.4) is 0 Å². The maximum Gasteiger partial charge on any atom is 0.251 e. The van der Waals surface area contributed by atoms with Gasteiger partial charge in [-0.25, -0.2) is 13.4 Å². The Hall–Kier alpha value is -0.950. The number of hydrogen-bond acceptors (Lipinski definition) is 5. The smallest absolute Gasteiger partial charge is 0.251 e. The zero-order valence-electron chi connectivity index (χ0n) is 11.9. The van der Waals surface area contributed by atoms with Crippen LogP contribution in [-0.2, 0) is 14.6 Å². The highest BCUT2D eigenvalue weighted by Gasteiger charge is 2.42. The molecule has 0 aliphatic carbocycles. The van der Waals surface area contributed by atoms with Crippen molar-refractivity contribution in [2.24, 2.45) is 16.8 Å². The first-order valence-corrected chi connectivity index (χ1v) is 9.11. The maximum absolute atomic E-state index is 12.5. The number of nitrogens with two attached hydrogens (primary N) is 1. The van der Waals surface area contributed by atoms with Crippen LogP contribution in [0.15, 0.2) is 5.10 Å². The zero-order chi connectivity index (χ0) is 14.8. The second kappa shape index (κ2) is 6.22. The van der Waals surface area contributed by atoms with Crippen LogP contribution >= 0.6 is 0 Å². The molecule has 0 spiro atoms. The maximum atomic E-state index is 12.5. The molecule has 2 heterocycles. The predicted octanol–water partition coefficient (Wildman–Crippen LogP) is 0.527. The second-order valence-corrected chi connectivity index (χ2v) is 7.79. The third kappa shape index (κ3) is 3.20. The Bertz CT molecular complexity index is 501. The van der Waals surface area contributed by atoms with Crippen LogP contribution in [0.1, 0.15) is 39.0 Å². The molecule has 2 atom stereocenters. The second-order valence-electron chi connectivity index (χ2n) is 5.56. The molecule has 7 heteroatoms. The lowest BCUT2D eigenvalue weighted by molar-refractivity contribution is -0.133. The molecule has 1 fully saturated rings. The summed E-state index contributed by atoms with van der Waals surface area (Å²) in [7, 11) is -3.00. The number of hydrazone groups is 1. The van der Waals surface area contributed by atoms with Crippen molar-refractivity contribution in [3.63, 3.8) is 0 Å². The normalized spacial score (nSPS) is 29.0. The van der Waals surface area contributed by atoms with Crippen LogP contribution in [0.2, 0.25) is 0 Å². The largest absolute Gasteiger partial charge is 0.330 e. The van der Waals surface area contributed by atoms with Crippen molar-refractivity contribution < 1.29 is 13.2 Å². The summed E-state index contributed by atoms with van der Waals surface area (Å²) < 4.78 is 23.1. The van der Waals surface area contributed by atoms with Crippen molar-refractivity contribution in [1.82, 2.24) is 5.01 Å². The van der Waals surface area contributed by atoms with Crippen LogP contribution in [0.25, 0.3) is 0 Å². The molecule has 1 saturated heterocycles. The predicted molar refractivity (Wildman–Crippen MR) is 78.0 cm³/mol. The van der Waals surface area contributed by atoms with Gasteiger partial charge in [-0.3, -0.25) is 4.79 Å². The summed E-state index contributed by atoms with van der Waals surface area (Å²) in [6.07, 6.45) is 3.72. The number of carbonyl (C=O) groups is 1. The number of amides is 1. The Kier molecular flexibility index (Phi) is 4.80. The number of nitrogens with zero attached hydrogens (tertiary/aromatic N) is 2. The van der Waals surface area contributed by atoms with E-state index in [9.17, 15) is 13.2 Å². The van der Waals surface area contributed by atoms with E-state index in [0.717, 1.165) is 25.0 Å². The summed E-state index contributed by atoms with van der Waals surface area (Å²) in [5, 5.41) is 5.88. The van der Waals surface area contributed by atoms with Gasteiger partial charge >= 0.3 is 0 Å². The molecular formula is C13H23N3O3S. The van der Waals surface area contributed by atoms with E-state index in [1.807, 2.05) is 0 Å². The average Bonchev–Trinajstić information content (AvgIpc) is 2.89. The van der Waals surface area contributed by atoms with Crippen LogP contribution in [0, 0.1) is 5.92 Å². The quantitative estimate of drug-likeness (QED) is 0.774. The molecule has 2 N–H and O–H groups in total. The van der Waals surface area contributed by atoms with E-state index in [0.29, 0.717) is 19.4 Å². The fourth-order valence-electron chi connectivity index (χ4n) is 2.88. The third-order valence-corrected chi connectivity index (χ3v) is 5.67. The van der Waals surface area contributed by atoms with E-state index in [-0.39, 0.29) is 29.4 Å². The molecule has 0 aromatic heterocycles. The Morgan fingerprint density at radius 1 is 1.45 bits per heavy atom. The summed E-state index contributed by atoms with van der Waals surface area (Å²) in [5.74, 6) is -0.0236. The van der Waals surface area contributed by atoms with Crippen molar-refractivity contribution in [1.29, 1.82) is 0 Å². The van der Waals surface area contributed by atoms with Crippen molar-refractivity contribution in [3.8, 4) is 0 Å². The van der Waals surface area contributed by atoms with Gasteiger partial charge in [0.25, 0.3) is 5.91 Å². The Balaban J connectivity index is 2.12. The molecule has 0 saturated carbocycles. The van der Waals surface area contributed by atoms with Gasteiger partial charge in [-0.15, -0.1) is 0 Å². The van der Waals surface area contributed by atoms with Gasteiger partial charge in [0.1, 0.15) is 0 Å². The monoisotopic (exact) mass is 301 g/mol. The molecule has 114 valence electrons. The first-order valence-electron chi connectivity index (χ1n) is 7.29. The van der Waals surface area contributed by atoms with Crippen molar-refractivity contribution >= 4 is 21.5 Å². The molecule has 6 nitrogen and oxygen atoms in total. The fourth-order valence-corrected chi connectivity index (χ4v) is 4.57. The molecule has 20 heavy (non-hydrogen) atoms. The van der Waals surface area contributed by atoms with E-state index in [1.165, 1.54) is 5.01 Å². The molecule has 2 rings (SSSR count). The molecular weight excluding hydrogens is 278 g/mol. The van der Waals surface area contributed by atoms with Crippen molar-refractivity contribution in [2.45, 2.75) is 45.1 Å². The highest BCUT2D eigenvalue weighted by Crippen LogP contribution is 2.28. The topological polar surface area (TPSA) is 92.8 Å². The molecule has 0 aromatic rings. The molecule has 2 unspecified atom stereocenters. The summed E-state index contributed by atoms with van der Waals surface area (Å²) >= 11 is 0. The highest BCUT2D eigenvalue weighted by atomic mass is 32.2. The molecule has 0 radical (unpaired) electrons. The van der Waals surface area contributed by atoms with Crippen molar-refractivity contribution in [2.75, 3.05) is 18.1 Å². The van der Waals surface area contributed by atoms with Gasteiger partial charge in [0.05, 0.1) is 29.2 Å². The third-order valence-electron chi connectivity index (χ3n) is 3.92. The molecule has 0 bridgehead atoms. The standard InChI is InChI=1S/C13H23N3O3S/c1-2-4-12-11(5-3-7-14)13(17)16(15-12)10-6-8-20(18,19)9-10/h10-11H,2-9,14H2,1H3. The minimum Gasteiger partial charge on any atom is -0.330 e. The zero-order valence-corrected chi connectivity index (χ0v) is 12.7. The van der Waals surface area contributed by atoms with Gasteiger partial charge in [0.2, 0.25) is 0 Å². The van der Waals surface area contributed by atoms with E-state index < -0.39 is 9.84 Å². The van der Waals surface area contributed by atoms with Gasteiger partial charge < -0.3 is 5.73 Å². The van der Waals surface area contributed by atoms with E-state index in [2.05, 4.69) is 12.0 Å². The highest BCUT2D eigenvalue weighted by molar-refractivity contribution is 7.91. The summed E-state index contributed by atoms with van der Waals surface area (Å²) in [6, 6.07) is -0.276. The summed E-state index contributed by atoms with van der Waals surface area (Å²) in [5.41, 5.74) is 6.42. The minimum absolute atomic E-state index is 0.0380. The Morgan fingerprint density at radius 2 is 2.20 bits per heavy atom. The van der Waals surface area contributed by atoms with E-state index >= 15 is 0 Å². The van der Waals surface area contributed by atoms with Gasteiger partial charge in [-0.2, -0.15) is 5.10 Å². The lowest BCUT2D eigenvalue weighted by atomic mass is 9.94. The summed E-state index contributed by atoms with van der Waals surface area (Å²) in [4.78, 5) is 12.5. The Labute approximate surface area is 120 Å². The van der Waals surface area contributed by atoms with Crippen LogP contribution in [0.4, 0.5) is 0 Å². The molecule has 1 amide bonds. The SMILES string of the molecule is CCCC1=NN(C2CCS(=O)(=O)C2)C(=O)C1CCCN. The molecule has 2 aliphatic rings. The van der Waals surface area contributed by atoms with E-state index in [4.69, 9.17) is 5.73 Å². The Morgan fingerprint density at radius 3 is 2.75 bits per heavy atom. The van der Waals surface area contributed by atoms with Gasteiger partial charge in [0, 0.05) is 0 Å². The van der Waals surface area contributed by atoms with E-state index in [1.54, 1.807) is 0 Å². The summed E-state index contributed by atoms with van der Waals surface area (Å²) in [6.45, 7) is 2.61. The number of carbonyl (C=O) groups excluding carboxylic acids is 1. The van der Waals surface area contributed by atoms with Gasteiger partial charge in [-0.05, 0) is 32.2 Å². The molecule has 2 aliphatic heterocycles. The van der Waals surface area contributed by atoms with Crippen LogP contribution in [-0.4, -0.2) is 49.1 Å². The first-order chi connectivity index (χ1) is 9.48. The minimum atomic E-state index is -3.00. The van der Waals surface area contributed by atoms with Crippen molar-refractivity contribution in [3.05, 3.63) is 0 Å². The van der Waals surface area contributed by atoms with Crippen LogP contribution in [0.5, 0.6) is 0 Å². The fraction of sp³-hybridized carbons (Fsp3) is 0.846. The number of rotatable bonds is 6. The molecule has 0 aromatic carbocycles. The number of sulfone groups is 1. The lowest BCUT2D eigenvalue weighted by Gasteiger charge is -2.19. The van der Waals surface area contributed by atoms with Gasteiger partial charge in [-0.1, -0.05) is 13.3 Å². The van der Waals surface area contributed by atoms with Gasteiger partial charge in [0.15, 0.2) is 9.84 Å². The average molecular weight is 301 g/mol. The first kappa shape index (κ1) is 15.4. The number of hydrogen-bond donors (Lipinski definition) is 1. The van der Waals surface area contributed by atoms with Crippen LogP contribution < -0.4 is 5.73 Å².